The van der Waals surface area contributed by atoms with E-state index in [1.165, 1.54) is 0 Å². The van der Waals surface area contributed by atoms with Gasteiger partial charge in [-0.3, -0.25) is 9.69 Å². The summed E-state index contributed by atoms with van der Waals surface area (Å²) in [5, 5.41) is 11.2. The van der Waals surface area contributed by atoms with E-state index >= 15 is 0 Å². The van der Waals surface area contributed by atoms with E-state index in [0.29, 0.717) is 18.9 Å². The van der Waals surface area contributed by atoms with E-state index in [0.717, 1.165) is 30.0 Å². The summed E-state index contributed by atoms with van der Waals surface area (Å²) in [4.78, 5) is 18.7. The predicted molar refractivity (Wildman–Crippen MR) is 75.5 cm³/mol. The summed E-state index contributed by atoms with van der Waals surface area (Å²) in [5.74, 6) is -0.134. The van der Waals surface area contributed by atoms with Crippen LogP contribution in [0.1, 0.15) is 25.0 Å². The van der Waals surface area contributed by atoms with Crippen molar-refractivity contribution in [3.05, 3.63) is 29.5 Å². The number of hydrogen-bond acceptors (Lipinski definition) is 5. The quantitative estimate of drug-likeness (QED) is 0.938. The van der Waals surface area contributed by atoms with Gasteiger partial charge in [-0.2, -0.15) is 0 Å². The van der Waals surface area contributed by atoms with Crippen molar-refractivity contribution < 1.29 is 14.3 Å². The minimum absolute atomic E-state index is 0.398. The molecule has 0 amide bonds. The Hall–Kier alpha value is -1.66. The Balaban J connectivity index is 1.72. The maximum Gasteiger partial charge on any atom is 0.320 e. The topological polar surface area (TPSA) is 66.6 Å². The lowest BCUT2D eigenvalue weighted by Gasteiger charge is -2.31. The van der Waals surface area contributed by atoms with E-state index in [1.54, 1.807) is 17.6 Å². The summed E-state index contributed by atoms with van der Waals surface area (Å²) >= 11 is 1.58. The minimum Gasteiger partial charge on any atom is -0.480 e. The van der Waals surface area contributed by atoms with Crippen LogP contribution in [0.3, 0.4) is 0 Å². The van der Waals surface area contributed by atoms with Gasteiger partial charge in [-0.25, -0.2) is 4.98 Å². The summed E-state index contributed by atoms with van der Waals surface area (Å²) in [7, 11) is 0. The Labute approximate surface area is 120 Å². The molecule has 106 valence electrons. The fourth-order valence-corrected chi connectivity index (χ4v) is 3.22. The molecule has 20 heavy (non-hydrogen) atoms. The van der Waals surface area contributed by atoms with Crippen molar-refractivity contribution in [2.75, 3.05) is 6.54 Å². The zero-order valence-electron chi connectivity index (χ0n) is 11.0. The molecule has 0 radical (unpaired) electrons. The second kappa shape index (κ2) is 5.76. The van der Waals surface area contributed by atoms with Gasteiger partial charge in [-0.05, 0) is 30.8 Å². The average Bonchev–Trinajstić information content (AvgIpc) is 3.09. The Morgan fingerprint density at radius 1 is 1.55 bits per heavy atom. The molecule has 3 heterocycles. The molecular weight excluding hydrogens is 276 g/mol. The van der Waals surface area contributed by atoms with Crippen molar-refractivity contribution in [1.29, 1.82) is 0 Å². The number of piperidine rings is 1. The Morgan fingerprint density at radius 3 is 3.20 bits per heavy atom. The molecule has 1 atom stereocenters. The van der Waals surface area contributed by atoms with Gasteiger partial charge in [0, 0.05) is 6.54 Å². The van der Waals surface area contributed by atoms with Crippen LogP contribution >= 0.6 is 11.3 Å². The Bertz CT molecular complexity index is 579. The van der Waals surface area contributed by atoms with Gasteiger partial charge in [-0.1, -0.05) is 12.5 Å². The molecule has 1 saturated heterocycles. The van der Waals surface area contributed by atoms with Crippen LogP contribution < -0.4 is 0 Å². The van der Waals surface area contributed by atoms with Crippen molar-refractivity contribution in [3.63, 3.8) is 0 Å². The van der Waals surface area contributed by atoms with Gasteiger partial charge in [0.2, 0.25) is 5.89 Å². The van der Waals surface area contributed by atoms with Crippen LogP contribution in [0, 0.1) is 0 Å². The van der Waals surface area contributed by atoms with Crippen LogP contribution in [0.4, 0.5) is 0 Å². The predicted octanol–water partition coefficient (Wildman–Crippen LogP) is 2.84. The van der Waals surface area contributed by atoms with Crippen molar-refractivity contribution in [2.45, 2.75) is 31.8 Å². The SMILES string of the molecule is O=C(O)C1CCCCN1Cc1coc(-c2cccs2)n1. The molecule has 0 aliphatic carbocycles. The third kappa shape index (κ3) is 2.76. The molecule has 0 aromatic carbocycles. The van der Waals surface area contributed by atoms with Gasteiger partial charge < -0.3 is 9.52 Å². The molecule has 2 aromatic rings. The summed E-state index contributed by atoms with van der Waals surface area (Å²) in [6, 6.07) is 3.52. The van der Waals surface area contributed by atoms with Crippen LogP contribution in [0.25, 0.3) is 10.8 Å². The van der Waals surface area contributed by atoms with Crippen molar-refractivity contribution in [3.8, 4) is 10.8 Å². The number of oxazole rings is 1. The highest BCUT2D eigenvalue weighted by atomic mass is 32.1. The van der Waals surface area contributed by atoms with E-state index in [9.17, 15) is 9.90 Å². The van der Waals surface area contributed by atoms with Crippen LogP contribution in [0.5, 0.6) is 0 Å². The van der Waals surface area contributed by atoms with Crippen LogP contribution in [0.2, 0.25) is 0 Å². The van der Waals surface area contributed by atoms with Crippen LogP contribution in [-0.4, -0.2) is 33.5 Å². The second-order valence-electron chi connectivity index (χ2n) is 4.94. The second-order valence-corrected chi connectivity index (χ2v) is 5.89. The number of carboxylic acid groups (broad SMARTS) is 1. The van der Waals surface area contributed by atoms with Gasteiger partial charge in [-0.15, -0.1) is 11.3 Å². The largest absolute Gasteiger partial charge is 0.480 e. The normalized spacial score (nSPS) is 20.1. The first kappa shape index (κ1) is 13.3. The lowest BCUT2D eigenvalue weighted by atomic mass is 10.0. The number of likely N-dealkylation sites (tertiary alicyclic amines) is 1. The molecule has 3 rings (SSSR count). The molecule has 2 aromatic heterocycles. The zero-order chi connectivity index (χ0) is 13.9. The lowest BCUT2D eigenvalue weighted by Crippen LogP contribution is -2.44. The molecule has 0 saturated carbocycles. The standard InChI is InChI=1S/C14H16N2O3S/c17-14(18)11-4-1-2-6-16(11)8-10-9-19-13(15-10)12-5-3-7-20-12/h3,5,7,9,11H,1-2,4,6,8H2,(H,17,18). The van der Waals surface area contributed by atoms with Gasteiger partial charge in [0.25, 0.3) is 0 Å². The summed E-state index contributed by atoms with van der Waals surface area (Å²) in [6.45, 7) is 1.34. The average molecular weight is 292 g/mol. The van der Waals surface area contributed by atoms with E-state index in [-0.39, 0.29) is 0 Å². The molecule has 5 nitrogen and oxygen atoms in total. The molecule has 0 spiro atoms. The summed E-state index contributed by atoms with van der Waals surface area (Å²) in [6.07, 6.45) is 4.36. The van der Waals surface area contributed by atoms with E-state index in [2.05, 4.69) is 4.98 Å². The molecule has 1 aliphatic rings. The summed E-state index contributed by atoms with van der Waals surface area (Å²) < 4.78 is 5.47. The number of carboxylic acids is 1. The molecule has 0 bridgehead atoms. The van der Waals surface area contributed by atoms with Crippen molar-refractivity contribution in [2.24, 2.45) is 0 Å². The molecule has 6 heteroatoms. The van der Waals surface area contributed by atoms with E-state index in [4.69, 9.17) is 4.42 Å². The van der Waals surface area contributed by atoms with Crippen molar-refractivity contribution in [1.82, 2.24) is 9.88 Å². The smallest absolute Gasteiger partial charge is 0.320 e. The number of hydrogen-bond donors (Lipinski definition) is 1. The highest BCUT2D eigenvalue weighted by Crippen LogP contribution is 2.25. The van der Waals surface area contributed by atoms with Gasteiger partial charge in [0.15, 0.2) is 0 Å². The van der Waals surface area contributed by atoms with Crippen LogP contribution in [0.15, 0.2) is 28.2 Å². The third-order valence-corrected chi connectivity index (χ3v) is 4.41. The monoisotopic (exact) mass is 292 g/mol. The number of carbonyl (C=O) groups is 1. The molecule has 1 N–H and O–H groups in total. The highest BCUT2D eigenvalue weighted by Gasteiger charge is 2.28. The fourth-order valence-electron chi connectivity index (χ4n) is 2.56. The lowest BCUT2D eigenvalue weighted by molar-refractivity contribution is -0.144. The van der Waals surface area contributed by atoms with Gasteiger partial charge >= 0.3 is 5.97 Å². The Morgan fingerprint density at radius 2 is 2.45 bits per heavy atom. The van der Waals surface area contributed by atoms with E-state index < -0.39 is 12.0 Å². The maximum atomic E-state index is 11.3. The minimum atomic E-state index is -0.744. The van der Waals surface area contributed by atoms with Crippen molar-refractivity contribution >= 4 is 17.3 Å². The number of aromatic nitrogens is 1. The first-order valence-electron chi connectivity index (χ1n) is 6.69. The zero-order valence-corrected chi connectivity index (χ0v) is 11.8. The maximum absolute atomic E-state index is 11.3. The number of aliphatic carboxylic acids is 1. The number of thiophene rings is 1. The Kier molecular flexibility index (Phi) is 3.84. The molecule has 1 unspecified atom stereocenters. The van der Waals surface area contributed by atoms with E-state index in [1.807, 2.05) is 22.4 Å². The first-order valence-corrected chi connectivity index (χ1v) is 7.57. The molecule has 1 fully saturated rings. The van der Waals surface area contributed by atoms with Gasteiger partial charge in [0.1, 0.15) is 12.3 Å². The van der Waals surface area contributed by atoms with Crippen LogP contribution in [-0.2, 0) is 11.3 Å². The number of nitrogens with zero attached hydrogens (tertiary/aromatic N) is 2. The summed E-state index contributed by atoms with van der Waals surface area (Å²) in [5.41, 5.74) is 0.793. The third-order valence-electron chi connectivity index (χ3n) is 3.55. The van der Waals surface area contributed by atoms with Gasteiger partial charge in [0.05, 0.1) is 10.6 Å². The highest BCUT2D eigenvalue weighted by molar-refractivity contribution is 7.13. The number of rotatable bonds is 4. The molecular formula is C14H16N2O3S. The molecule has 1 aliphatic heterocycles. The fraction of sp³-hybridized carbons (Fsp3) is 0.429. The first-order chi connectivity index (χ1) is 9.74.